The summed E-state index contributed by atoms with van der Waals surface area (Å²) in [6.07, 6.45) is 1.12. The summed E-state index contributed by atoms with van der Waals surface area (Å²) in [6.45, 7) is -0.0330. The Bertz CT molecular complexity index is 1200. The lowest BCUT2D eigenvalue weighted by atomic mass is 10.1. The molecule has 2 heterocycles. The van der Waals surface area contributed by atoms with Gasteiger partial charge in [-0.2, -0.15) is 10.2 Å². The van der Waals surface area contributed by atoms with E-state index in [1.54, 1.807) is 24.3 Å². The van der Waals surface area contributed by atoms with Crippen molar-refractivity contribution in [1.82, 2.24) is 15.6 Å². The smallest absolute Gasteiger partial charge is 0.292 e. The van der Waals surface area contributed by atoms with Crippen molar-refractivity contribution >= 4 is 28.6 Å². The standard InChI is InChI=1S/C17H11N5O6/c23-16-11-4-2-1-3-10(11)15(19-21-16)17(24)20-18-7-9-5-13-14(28-8-27-13)6-12(9)22(25)26/h1-7H,8H2,(H,20,24)(H,21,23). The molecule has 0 fully saturated rings. The monoisotopic (exact) mass is 381 g/mol. The molecule has 1 amide bonds. The van der Waals surface area contributed by atoms with Crippen molar-refractivity contribution in [3.05, 3.63) is 68.1 Å². The molecule has 1 aliphatic rings. The first-order chi connectivity index (χ1) is 13.5. The van der Waals surface area contributed by atoms with E-state index in [1.807, 2.05) is 0 Å². The van der Waals surface area contributed by atoms with Crippen LogP contribution >= 0.6 is 0 Å². The highest BCUT2D eigenvalue weighted by Gasteiger charge is 2.22. The molecule has 3 aromatic rings. The molecule has 11 heteroatoms. The van der Waals surface area contributed by atoms with Crippen LogP contribution in [-0.2, 0) is 0 Å². The van der Waals surface area contributed by atoms with Gasteiger partial charge in [-0.15, -0.1) is 0 Å². The van der Waals surface area contributed by atoms with Gasteiger partial charge in [-0.05, 0) is 12.1 Å². The molecule has 140 valence electrons. The number of hydrogen-bond acceptors (Lipinski definition) is 8. The molecule has 1 aromatic heterocycles. The Labute approximate surface area is 155 Å². The lowest BCUT2D eigenvalue weighted by Gasteiger charge is -2.03. The summed E-state index contributed by atoms with van der Waals surface area (Å²) in [6, 6.07) is 9.09. The molecule has 0 aliphatic carbocycles. The van der Waals surface area contributed by atoms with Crippen LogP contribution in [-0.4, -0.2) is 34.0 Å². The summed E-state index contributed by atoms with van der Waals surface area (Å²) >= 11 is 0. The number of nitro benzene ring substituents is 1. The van der Waals surface area contributed by atoms with Crippen LogP contribution in [0.5, 0.6) is 11.5 Å². The van der Waals surface area contributed by atoms with Crippen molar-refractivity contribution < 1.29 is 19.2 Å². The Hall–Kier alpha value is -4.28. The molecular formula is C17H11N5O6. The summed E-state index contributed by atoms with van der Waals surface area (Å²) in [4.78, 5) is 34.8. The van der Waals surface area contributed by atoms with Gasteiger partial charge in [-0.1, -0.05) is 18.2 Å². The van der Waals surface area contributed by atoms with Crippen molar-refractivity contribution in [3.63, 3.8) is 0 Å². The summed E-state index contributed by atoms with van der Waals surface area (Å²) in [5, 5.41) is 21.7. The number of nitrogens with one attached hydrogen (secondary N) is 2. The maximum absolute atomic E-state index is 12.4. The number of aromatic nitrogens is 2. The maximum atomic E-state index is 12.4. The molecule has 0 saturated heterocycles. The largest absolute Gasteiger partial charge is 0.454 e. The van der Waals surface area contributed by atoms with Crippen LogP contribution in [0, 0.1) is 10.1 Å². The highest BCUT2D eigenvalue weighted by molar-refractivity contribution is 6.05. The van der Waals surface area contributed by atoms with Crippen LogP contribution in [0.1, 0.15) is 16.1 Å². The van der Waals surface area contributed by atoms with E-state index in [-0.39, 0.29) is 29.5 Å². The van der Waals surface area contributed by atoms with Gasteiger partial charge in [0.25, 0.3) is 17.2 Å². The van der Waals surface area contributed by atoms with Crippen molar-refractivity contribution in [2.75, 3.05) is 6.79 Å². The molecule has 11 nitrogen and oxygen atoms in total. The number of ether oxygens (including phenoxy) is 2. The summed E-state index contributed by atoms with van der Waals surface area (Å²) in [5.74, 6) is -0.0874. The first-order valence-corrected chi connectivity index (χ1v) is 7.93. The Morgan fingerprint density at radius 2 is 1.96 bits per heavy atom. The van der Waals surface area contributed by atoms with Crippen LogP contribution in [0.4, 0.5) is 5.69 Å². The van der Waals surface area contributed by atoms with Crippen LogP contribution in [0.3, 0.4) is 0 Å². The number of nitrogens with zero attached hydrogens (tertiary/aromatic N) is 3. The van der Waals surface area contributed by atoms with Gasteiger partial charge >= 0.3 is 0 Å². The SMILES string of the molecule is O=C(NN=Cc1cc2c(cc1[N+](=O)[O-])OCO2)c1n[nH]c(=O)c2ccccc12. The lowest BCUT2D eigenvalue weighted by molar-refractivity contribution is -0.385. The van der Waals surface area contributed by atoms with E-state index in [1.165, 1.54) is 12.1 Å². The van der Waals surface area contributed by atoms with Gasteiger partial charge in [0.05, 0.1) is 28.2 Å². The minimum atomic E-state index is -0.688. The van der Waals surface area contributed by atoms with Gasteiger partial charge in [0.15, 0.2) is 17.2 Å². The van der Waals surface area contributed by atoms with Crippen LogP contribution < -0.4 is 20.5 Å². The Balaban J connectivity index is 1.61. The summed E-state index contributed by atoms with van der Waals surface area (Å²) < 4.78 is 10.3. The maximum Gasteiger partial charge on any atom is 0.292 e. The van der Waals surface area contributed by atoms with Crippen LogP contribution in [0.25, 0.3) is 10.8 Å². The highest BCUT2D eigenvalue weighted by atomic mass is 16.7. The van der Waals surface area contributed by atoms with Crippen LogP contribution in [0.2, 0.25) is 0 Å². The number of carbonyl (C=O) groups excluding carboxylic acids is 1. The number of H-pyrrole nitrogens is 1. The third-order valence-electron chi connectivity index (χ3n) is 4.00. The number of fused-ring (bicyclic) bond motifs is 2. The first-order valence-electron chi connectivity index (χ1n) is 7.93. The highest BCUT2D eigenvalue weighted by Crippen LogP contribution is 2.37. The van der Waals surface area contributed by atoms with Gasteiger partial charge in [-0.3, -0.25) is 19.7 Å². The molecule has 2 N–H and O–H groups in total. The fourth-order valence-corrected chi connectivity index (χ4v) is 2.71. The van der Waals surface area contributed by atoms with Gasteiger partial charge in [0.1, 0.15) is 0 Å². The van der Waals surface area contributed by atoms with Crippen molar-refractivity contribution in [2.24, 2.45) is 5.10 Å². The van der Waals surface area contributed by atoms with E-state index in [9.17, 15) is 19.7 Å². The Kier molecular flexibility index (Phi) is 4.16. The van der Waals surface area contributed by atoms with Gasteiger partial charge < -0.3 is 9.47 Å². The van der Waals surface area contributed by atoms with E-state index in [0.29, 0.717) is 16.5 Å². The zero-order valence-electron chi connectivity index (χ0n) is 14.0. The number of rotatable bonds is 4. The van der Waals surface area contributed by atoms with Crippen molar-refractivity contribution in [1.29, 1.82) is 0 Å². The molecular weight excluding hydrogens is 370 g/mol. The second-order valence-corrected chi connectivity index (χ2v) is 5.67. The van der Waals surface area contributed by atoms with E-state index >= 15 is 0 Å². The second-order valence-electron chi connectivity index (χ2n) is 5.67. The van der Waals surface area contributed by atoms with Crippen molar-refractivity contribution in [3.8, 4) is 11.5 Å². The third-order valence-corrected chi connectivity index (χ3v) is 4.00. The second kappa shape index (κ2) is 6.79. The van der Waals surface area contributed by atoms with E-state index in [4.69, 9.17) is 9.47 Å². The number of nitro groups is 1. The lowest BCUT2D eigenvalue weighted by Crippen LogP contribution is -2.22. The first kappa shape index (κ1) is 17.1. The molecule has 1 aliphatic heterocycles. The topological polar surface area (TPSA) is 149 Å². The molecule has 0 bridgehead atoms. The molecule has 0 unspecified atom stereocenters. The average molecular weight is 381 g/mol. The van der Waals surface area contributed by atoms with Gasteiger partial charge in [0, 0.05) is 5.39 Å². The number of aromatic amines is 1. The number of carbonyl (C=O) groups is 1. The number of benzene rings is 2. The third kappa shape index (κ3) is 3.00. The molecule has 4 rings (SSSR count). The number of hydrazone groups is 1. The van der Waals surface area contributed by atoms with Crippen molar-refractivity contribution in [2.45, 2.75) is 0 Å². The zero-order valence-corrected chi connectivity index (χ0v) is 14.0. The molecule has 0 radical (unpaired) electrons. The minimum Gasteiger partial charge on any atom is -0.454 e. The van der Waals surface area contributed by atoms with E-state index < -0.39 is 16.4 Å². The fourth-order valence-electron chi connectivity index (χ4n) is 2.71. The van der Waals surface area contributed by atoms with E-state index in [2.05, 4.69) is 20.7 Å². The molecule has 28 heavy (non-hydrogen) atoms. The minimum absolute atomic E-state index is 0.0330. The fraction of sp³-hybridized carbons (Fsp3) is 0.0588. The van der Waals surface area contributed by atoms with Crippen LogP contribution in [0.15, 0.2) is 46.3 Å². The molecule has 0 spiro atoms. The van der Waals surface area contributed by atoms with Gasteiger partial charge in [-0.25, -0.2) is 10.5 Å². The Morgan fingerprint density at radius 3 is 2.71 bits per heavy atom. The molecule has 0 atom stereocenters. The zero-order chi connectivity index (χ0) is 19.7. The average Bonchev–Trinajstić information content (AvgIpc) is 3.15. The summed E-state index contributed by atoms with van der Waals surface area (Å²) in [7, 11) is 0. The van der Waals surface area contributed by atoms with Gasteiger partial charge in [0.2, 0.25) is 6.79 Å². The predicted molar refractivity (Wildman–Crippen MR) is 96.6 cm³/mol. The van der Waals surface area contributed by atoms with E-state index in [0.717, 1.165) is 6.21 Å². The number of amides is 1. The summed E-state index contributed by atoms with van der Waals surface area (Å²) in [5.41, 5.74) is 1.65. The Morgan fingerprint density at radius 1 is 1.25 bits per heavy atom. The molecule has 2 aromatic carbocycles. The normalized spacial score (nSPS) is 12.4. The predicted octanol–water partition coefficient (Wildman–Crippen LogP) is 1.32. The number of hydrogen-bond donors (Lipinski definition) is 2. The quantitative estimate of drug-likeness (QED) is 0.393. The molecule has 0 saturated carbocycles.